The molecule has 0 aromatic rings. The summed E-state index contributed by atoms with van der Waals surface area (Å²) < 4.78 is 12.5. The first-order chi connectivity index (χ1) is 5.37. The molecule has 0 fully saturated rings. The van der Waals surface area contributed by atoms with Gasteiger partial charge < -0.3 is 4.90 Å². The minimum atomic E-state index is -0.891. The molecule has 12 heavy (non-hydrogen) atoms. The van der Waals surface area contributed by atoms with Crippen molar-refractivity contribution in [1.82, 2.24) is 4.90 Å². The Kier molecular flexibility index (Phi) is 3.93. The maximum Gasteiger partial charge on any atom is 0.282 e. The average molecular weight is 173 g/mol. The Labute approximate surface area is 73.1 Å². The number of nitrogens with zero attached hydrogens (tertiary/aromatic N) is 1. The van der Waals surface area contributed by atoms with Crippen LogP contribution in [0.3, 0.4) is 0 Å². The summed E-state index contributed by atoms with van der Waals surface area (Å²) in [4.78, 5) is 12.6. The standard InChI is InChI=1S/C9H16FNO/c1-6(2)11(7(3)4)9(12)8(5)10/h6-7H,5H2,1-4H3. The van der Waals surface area contributed by atoms with Gasteiger partial charge in [-0.3, -0.25) is 4.79 Å². The Morgan fingerprint density at radius 2 is 1.58 bits per heavy atom. The third kappa shape index (κ3) is 2.64. The second-order valence-electron chi connectivity index (χ2n) is 3.30. The molecule has 0 atom stereocenters. The van der Waals surface area contributed by atoms with Crippen LogP contribution in [0, 0.1) is 0 Å². The van der Waals surface area contributed by atoms with Crippen LogP contribution in [0.25, 0.3) is 0 Å². The molecule has 0 N–H and O–H groups in total. The van der Waals surface area contributed by atoms with Gasteiger partial charge in [0.25, 0.3) is 5.91 Å². The summed E-state index contributed by atoms with van der Waals surface area (Å²) in [5, 5.41) is 0. The smallest absolute Gasteiger partial charge is 0.282 e. The fourth-order valence-electron chi connectivity index (χ4n) is 1.21. The van der Waals surface area contributed by atoms with Gasteiger partial charge in [0.2, 0.25) is 0 Å². The van der Waals surface area contributed by atoms with E-state index in [1.807, 2.05) is 27.7 Å². The lowest BCUT2D eigenvalue weighted by Crippen LogP contribution is -2.42. The first-order valence-corrected chi connectivity index (χ1v) is 4.05. The van der Waals surface area contributed by atoms with E-state index in [-0.39, 0.29) is 12.1 Å². The van der Waals surface area contributed by atoms with E-state index < -0.39 is 11.7 Å². The lowest BCUT2D eigenvalue weighted by atomic mass is 10.2. The first kappa shape index (κ1) is 11.1. The van der Waals surface area contributed by atoms with Gasteiger partial charge in [0.1, 0.15) is 0 Å². The second kappa shape index (κ2) is 4.24. The number of halogens is 1. The van der Waals surface area contributed by atoms with Crippen molar-refractivity contribution in [2.24, 2.45) is 0 Å². The van der Waals surface area contributed by atoms with E-state index in [0.717, 1.165) is 0 Å². The molecule has 0 spiro atoms. The van der Waals surface area contributed by atoms with Gasteiger partial charge in [-0.25, -0.2) is 4.39 Å². The zero-order valence-electron chi connectivity index (χ0n) is 8.10. The molecule has 0 radical (unpaired) electrons. The predicted molar refractivity (Wildman–Crippen MR) is 47.4 cm³/mol. The van der Waals surface area contributed by atoms with E-state index in [1.165, 1.54) is 4.90 Å². The normalized spacial score (nSPS) is 10.6. The van der Waals surface area contributed by atoms with Gasteiger partial charge in [-0.2, -0.15) is 0 Å². The number of hydrogen-bond acceptors (Lipinski definition) is 1. The van der Waals surface area contributed by atoms with Crippen LogP contribution in [0.15, 0.2) is 12.4 Å². The molecule has 2 nitrogen and oxygen atoms in total. The average Bonchev–Trinajstić information content (AvgIpc) is 1.85. The molecule has 0 saturated heterocycles. The number of hydrogen-bond donors (Lipinski definition) is 0. The maximum absolute atomic E-state index is 12.5. The Morgan fingerprint density at radius 3 is 1.67 bits per heavy atom. The SMILES string of the molecule is C=C(F)C(=O)N(C(C)C)C(C)C. The summed E-state index contributed by atoms with van der Waals surface area (Å²) in [5.41, 5.74) is 0. The number of carbonyl (C=O) groups is 1. The van der Waals surface area contributed by atoms with Crippen molar-refractivity contribution in [2.45, 2.75) is 39.8 Å². The van der Waals surface area contributed by atoms with Crippen molar-refractivity contribution in [3.05, 3.63) is 12.4 Å². The minimum Gasteiger partial charge on any atom is -0.332 e. The van der Waals surface area contributed by atoms with Crippen LogP contribution in [0.4, 0.5) is 4.39 Å². The Hall–Kier alpha value is -0.860. The molecule has 1 amide bonds. The summed E-state index contributed by atoms with van der Waals surface area (Å²) in [5.74, 6) is -1.50. The largest absolute Gasteiger partial charge is 0.332 e. The summed E-state index contributed by atoms with van der Waals surface area (Å²) in [7, 11) is 0. The maximum atomic E-state index is 12.5. The molecule has 0 heterocycles. The van der Waals surface area contributed by atoms with Crippen LogP contribution in [0.1, 0.15) is 27.7 Å². The van der Waals surface area contributed by atoms with Crippen molar-refractivity contribution in [1.29, 1.82) is 0 Å². The van der Waals surface area contributed by atoms with E-state index in [9.17, 15) is 9.18 Å². The van der Waals surface area contributed by atoms with Crippen LogP contribution in [-0.2, 0) is 4.79 Å². The molecule has 0 aliphatic carbocycles. The Balaban J connectivity index is 4.52. The zero-order chi connectivity index (χ0) is 9.89. The van der Waals surface area contributed by atoms with E-state index >= 15 is 0 Å². The van der Waals surface area contributed by atoms with Crippen molar-refractivity contribution in [3.63, 3.8) is 0 Å². The fraction of sp³-hybridized carbons (Fsp3) is 0.667. The molecular formula is C9H16FNO. The highest BCUT2D eigenvalue weighted by atomic mass is 19.1. The molecule has 3 heteroatoms. The number of amides is 1. The number of rotatable bonds is 3. The van der Waals surface area contributed by atoms with Crippen LogP contribution < -0.4 is 0 Å². The van der Waals surface area contributed by atoms with E-state index in [0.29, 0.717) is 0 Å². The predicted octanol–water partition coefficient (Wildman–Crippen LogP) is 2.12. The highest BCUT2D eigenvalue weighted by molar-refractivity contribution is 5.90. The van der Waals surface area contributed by atoms with E-state index in [1.54, 1.807) is 0 Å². The van der Waals surface area contributed by atoms with Crippen molar-refractivity contribution < 1.29 is 9.18 Å². The third-order valence-corrected chi connectivity index (χ3v) is 1.58. The molecule has 0 aromatic heterocycles. The molecule has 0 unspecified atom stereocenters. The van der Waals surface area contributed by atoms with Gasteiger partial charge in [0, 0.05) is 12.1 Å². The second-order valence-corrected chi connectivity index (χ2v) is 3.30. The zero-order valence-corrected chi connectivity index (χ0v) is 8.10. The van der Waals surface area contributed by atoms with Gasteiger partial charge in [0.05, 0.1) is 0 Å². The summed E-state index contributed by atoms with van der Waals surface area (Å²) in [6, 6.07) is 0.00926. The molecule has 0 saturated carbocycles. The molecule has 70 valence electrons. The highest BCUT2D eigenvalue weighted by Crippen LogP contribution is 2.09. The summed E-state index contributed by atoms with van der Waals surface area (Å²) in [6.45, 7) is 10.4. The van der Waals surface area contributed by atoms with Crippen molar-refractivity contribution in [3.8, 4) is 0 Å². The third-order valence-electron chi connectivity index (χ3n) is 1.58. The van der Waals surface area contributed by atoms with Gasteiger partial charge in [0.15, 0.2) is 5.83 Å². The van der Waals surface area contributed by atoms with Gasteiger partial charge >= 0.3 is 0 Å². The quantitative estimate of drug-likeness (QED) is 0.598. The van der Waals surface area contributed by atoms with Crippen LogP contribution >= 0.6 is 0 Å². The van der Waals surface area contributed by atoms with E-state index in [4.69, 9.17) is 0 Å². The minimum absolute atomic E-state index is 0.00463. The van der Waals surface area contributed by atoms with Gasteiger partial charge in [-0.15, -0.1) is 0 Å². The molecular weight excluding hydrogens is 157 g/mol. The Morgan fingerprint density at radius 1 is 1.25 bits per heavy atom. The van der Waals surface area contributed by atoms with Crippen LogP contribution in [0.5, 0.6) is 0 Å². The molecule has 0 bridgehead atoms. The Bertz CT molecular complexity index is 179. The lowest BCUT2D eigenvalue weighted by Gasteiger charge is -2.29. The van der Waals surface area contributed by atoms with Crippen molar-refractivity contribution >= 4 is 5.91 Å². The first-order valence-electron chi connectivity index (χ1n) is 4.05. The summed E-state index contributed by atoms with van der Waals surface area (Å²) >= 11 is 0. The summed E-state index contributed by atoms with van der Waals surface area (Å²) in [6.07, 6.45) is 0. The monoisotopic (exact) mass is 173 g/mol. The van der Waals surface area contributed by atoms with Crippen molar-refractivity contribution in [2.75, 3.05) is 0 Å². The van der Waals surface area contributed by atoms with Gasteiger partial charge in [-0.05, 0) is 27.7 Å². The lowest BCUT2D eigenvalue weighted by molar-refractivity contribution is -0.132. The topological polar surface area (TPSA) is 20.3 Å². The van der Waals surface area contributed by atoms with Crippen LogP contribution in [0.2, 0.25) is 0 Å². The number of carbonyl (C=O) groups excluding carboxylic acids is 1. The molecule has 0 aromatic carbocycles. The fourth-order valence-corrected chi connectivity index (χ4v) is 1.21. The highest BCUT2D eigenvalue weighted by Gasteiger charge is 2.21. The molecule has 0 rings (SSSR count). The molecule has 0 aliphatic rings. The van der Waals surface area contributed by atoms with Crippen LogP contribution in [-0.4, -0.2) is 22.9 Å². The van der Waals surface area contributed by atoms with Gasteiger partial charge in [-0.1, -0.05) is 6.58 Å². The molecule has 0 aliphatic heterocycles. The van der Waals surface area contributed by atoms with E-state index in [2.05, 4.69) is 6.58 Å².